The quantitative estimate of drug-likeness (QED) is 0.892. The third kappa shape index (κ3) is 3.62. The van der Waals surface area contributed by atoms with E-state index in [0.717, 1.165) is 10.5 Å². The first-order chi connectivity index (χ1) is 9.79. The third-order valence-electron chi connectivity index (χ3n) is 2.79. The fourth-order valence-electron chi connectivity index (χ4n) is 1.78. The number of carboxylic acid groups (broad SMARTS) is 1. The number of halogens is 1. The molecule has 0 saturated carbocycles. The highest BCUT2D eigenvalue weighted by molar-refractivity contribution is 9.10. The third-order valence-corrected chi connectivity index (χ3v) is 4.81. The van der Waals surface area contributed by atoms with E-state index in [1.807, 2.05) is 0 Å². The lowest BCUT2D eigenvalue weighted by Crippen LogP contribution is -2.23. The van der Waals surface area contributed by atoms with Crippen LogP contribution in [0.1, 0.15) is 15.9 Å². The van der Waals surface area contributed by atoms with Crippen LogP contribution in [0, 0.1) is 6.92 Å². The summed E-state index contributed by atoms with van der Waals surface area (Å²) in [4.78, 5) is 10.8. The zero-order chi connectivity index (χ0) is 15.6. The van der Waals surface area contributed by atoms with E-state index < -0.39 is 16.0 Å². The number of hydrogen-bond donors (Lipinski definition) is 1. The Kier molecular flexibility index (Phi) is 4.34. The van der Waals surface area contributed by atoms with Gasteiger partial charge in [0, 0.05) is 10.2 Å². The maximum absolute atomic E-state index is 12.4. The van der Waals surface area contributed by atoms with Crippen molar-refractivity contribution in [2.75, 3.05) is 4.72 Å². The zero-order valence-electron chi connectivity index (χ0n) is 11.0. The van der Waals surface area contributed by atoms with E-state index in [1.54, 1.807) is 31.2 Å². The zero-order valence-corrected chi connectivity index (χ0v) is 13.4. The molecular formula is C14H11BrNO4S-. The number of carboxylic acids is 1. The molecule has 0 saturated heterocycles. The molecule has 2 rings (SSSR count). The van der Waals surface area contributed by atoms with Crippen LogP contribution in [0.25, 0.3) is 0 Å². The van der Waals surface area contributed by atoms with Crippen molar-refractivity contribution in [3.63, 3.8) is 0 Å². The number of hydrogen-bond acceptors (Lipinski definition) is 4. The average molecular weight is 369 g/mol. The maximum atomic E-state index is 12.4. The Labute approximate surface area is 130 Å². The highest BCUT2D eigenvalue weighted by Crippen LogP contribution is 2.22. The molecule has 0 aromatic heterocycles. The van der Waals surface area contributed by atoms with Gasteiger partial charge in [-0.3, -0.25) is 4.72 Å². The number of sulfonamides is 1. The monoisotopic (exact) mass is 368 g/mol. The number of carbonyl (C=O) groups is 1. The molecule has 0 aliphatic carbocycles. The van der Waals surface area contributed by atoms with Crippen molar-refractivity contribution in [3.8, 4) is 0 Å². The molecule has 0 radical (unpaired) electrons. The highest BCUT2D eigenvalue weighted by atomic mass is 79.9. The number of aromatic carboxylic acids is 1. The van der Waals surface area contributed by atoms with Crippen molar-refractivity contribution >= 4 is 37.6 Å². The summed E-state index contributed by atoms with van der Waals surface area (Å²) in [6.07, 6.45) is 0. The second-order valence-corrected chi connectivity index (χ2v) is 6.95. The van der Waals surface area contributed by atoms with Crippen LogP contribution in [0.15, 0.2) is 51.8 Å². The minimum atomic E-state index is -3.88. The molecule has 0 bridgehead atoms. The van der Waals surface area contributed by atoms with E-state index in [2.05, 4.69) is 20.7 Å². The Morgan fingerprint density at radius 3 is 2.52 bits per heavy atom. The Morgan fingerprint density at radius 1 is 1.19 bits per heavy atom. The van der Waals surface area contributed by atoms with E-state index in [0.29, 0.717) is 11.3 Å². The number of aryl methyl sites for hydroxylation is 1. The molecular weight excluding hydrogens is 358 g/mol. The molecule has 0 unspecified atom stereocenters. The number of carbonyl (C=O) groups excluding carboxylic acids is 1. The van der Waals surface area contributed by atoms with Gasteiger partial charge in [0.1, 0.15) is 0 Å². The molecule has 7 heteroatoms. The van der Waals surface area contributed by atoms with Crippen LogP contribution in [0.3, 0.4) is 0 Å². The molecule has 0 atom stereocenters. The summed E-state index contributed by atoms with van der Waals surface area (Å²) in [5.74, 6) is -1.42. The van der Waals surface area contributed by atoms with Gasteiger partial charge >= 0.3 is 0 Å². The van der Waals surface area contributed by atoms with Gasteiger partial charge in [-0.15, -0.1) is 0 Å². The molecule has 5 nitrogen and oxygen atoms in total. The van der Waals surface area contributed by atoms with Gasteiger partial charge in [-0.1, -0.05) is 34.1 Å². The number of rotatable bonds is 4. The van der Waals surface area contributed by atoms with Crippen molar-refractivity contribution in [3.05, 3.63) is 58.1 Å². The summed E-state index contributed by atoms with van der Waals surface area (Å²) >= 11 is 3.25. The van der Waals surface area contributed by atoms with Gasteiger partial charge in [-0.05, 0) is 42.3 Å². The van der Waals surface area contributed by atoms with Crippen LogP contribution in [0.4, 0.5) is 5.69 Å². The largest absolute Gasteiger partial charge is 0.545 e. The van der Waals surface area contributed by atoms with Crippen LogP contribution < -0.4 is 9.83 Å². The van der Waals surface area contributed by atoms with Crippen molar-refractivity contribution in [1.29, 1.82) is 0 Å². The summed E-state index contributed by atoms with van der Waals surface area (Å²) in [6.45, 7) is 1.59. The number of nitrogens with one attached hydrogen (secondary N) is 1. The first kappa shape index (κ1) is 15.5. The van der Waals surface area contributed by atoms with Crippen LogP contribution in [0.5, 0.6) is 0 Å². The van der Waals surface area contributed by atoms with Gasteiger partial charge < -0.3 is 9.90 Å². The molecule has 0 spiro atoms. The number of benzene rings is 2. The van der Waals surface area contributed by atoms with Gasteiger partial charge in [0.2, 0.25) is 0 Å². The number of anilines is 1. The summed E-state index contributed by atoms with van der Waals surface area (Å²) in [5.41, 5.74) is 0.639. The van der Waals surface area contributed by atoms with Crippen molar-refractivity contribution < 1.29 is 18.3 Å². The predicted octanol–water partition coefficient (Wildman–Crippen LogP) is 1.92. The minimum Gasteiger partial charge on any atom is -0.545 e. The van der Waals surface area contributed by atoms with E-state index in [1.165, 1.54) is 12.1 Å². The lowest BCUT2D eigenvalue weighted by atomic mass is 10.1. The highest BCUT2D eigenvalue weighted by Gasteiger charge is 2.18. The van der Waals surface area contributed by atoms with Gasteiger partial charge in [-0.2, -0.15) is 0 Å². The van der Waals surface area contributed by atoms with Crippen molar-refractivity contribution in [2.45, 2.75) is 11.8 Å². The molecule has 0 fully saturated rings. The SMILES string of the molecule is Cc1ccc(C(=O)[O-])cc1S(=O)(=O)Nc1cccc(Br)c1. The van der Waals surface area contributed by atoms with Gasteiger partial charge in [0.25, 0.3) is 10.0 Å². The second-order valence-electron chi connectivity index (χ2n) is 4.38. The first-order valence-corrected chi connectivity index (χ1v) is 8.17. The average Bonchev–Trinajstić information content (AvgIpc) is 2.38. The van der Waals surface area contributed by atoms with Gasteiger partial charge in [0.05, 0.1) is 10.9 Å². The molecule has 0 aliphatic rings. The summed E-state index contributed by atoms with van der Waals surface area (Å²) in [7, 11) is -3.88. The van der Waals surface area contributed by atoms with Crippen LogP contribution >= 0.6 is 15.9 Å². The molecule has 2 aromatic carbocycles. The molecule has 0 heterocycles. The normalized spacial score (nSPS) is 11.1. The van der Waals surface area contributed by atoms with Gasteiger partial charge in [-0.25, -0.2) is 8.42 Å². The Morgan fingerprint density at radius 2 is 1.90 bits per heavy atom. The maximum Gasteiger partial charge on any atom is 0.262 e. The van der Waals surface area contributed by atoms with Crippen molar-refractivity contribution in [1.82, 2.24) is 0 Å². The molecule has 0 aliphatic heterocycles. The first-order valence-electron chi connectivity index (χ1n) is 5.90. The summed E-state index contributed by atoms with van der Waals surface area (Å²) in [6, 6.07) is 10.5. The predicted molar refractivity (Wildman–Crippen MR) is 80.5 cm³/mol. The Balaban J connectivity index is 2.44. The van der Waals surface area contributed by atoms with E-state index in [-0.39, 0.29) is 10.5 Å². The fraction of sp³-hybridized carbons (Fsp3) is 0.0714. The molecule has 0 amide bonds. The van der Waals surface area contributed by atoms with E-state index in [9.17, 15) is 18.3 Å². The molecule has 1 N–H and O–H groups in total. The van der Waals surface area contributed by atoms with Crippen LogP contribution in [-0.2, 0) is 10.0 Å². The minimum absolute atomic E-state index is 0.0934. The Bertz CT molecular complexity index is 802. The van der Waals surface area contributed by atoms with Crippen LogP contribution in [0.2, 0.25) is 0 Å². The lowest BCUT2D eigenvalue weighted by Gasteiger charge is -2.12. The second kappa shape index (κ2) is 5.87. The molecule has 110 valence electrons. The molecule has 21 heavy (non-hydrogen) atoms. The van der Waals surface area contributed by atoms with E-state index in [4.69, 9.17) is 0 Å². The van der Waals surface area contributed by atoms with Crippen LogP contribution in [-0.4, -0.2) is 14.4 Å². The van der Waals surface area contributed by atoms with Crippen molar-refractivity contribution in [2.24, 2.45) is 0 Å². The van der Waals surface area contributed by atoms with E-state index >= 15 is 0 Å². The Hall–Kier alpha value is -1.86. The standard InChI is InChI=1S/C14H12BrNO4S/c1-9-5-6-10(14(17)18)7-13(9)21(19,20)16-12-4-2-3-11(15)8-12/h2-8,16H,1H3,(H,17,18)/p-1. The lowest BCUT2D eigenvalue weighted by molar-refractivity contribution is -0.255. The molecule has 2 aromatic rings. The van der Waals surface area contributed by atoms with Gasteiger partial charge in [0.15, 0.2) is 0 Å². The topological polar surface area (TPSA) is 86.3 Å². The fourth-order valence-corrected chi connectivity index (χ4v) is 3.50. The summed E-state index contributed by atoms with van der Waals surface area (Å²) in [5, 5.41) is 10.9. The smallest absolute Gasteiger partial charge is 0.262 e. The summed E-state index contributed by atoms with van der Waals surface area (Å²) < 4.78 is 27.9.